The van der Waals surface area contributed by atoms with Gasteiger partial charge in [0.2, 0.25) is 5.91 Å². The summed E-state index contributed by atoms with van der Waals surface area (Å²) in [5.41, 5.74) is 6.34. The van der Waals surface area contributed by atoms with Crippen LogP contribution < -0.4 is 11.1 Å². The molecule has 7 nitrogen and oxygen atoms in total. The number of hydrogen-bond donors (Lipinski definition) is 2. The van der Waals surface area contributed by atoms with Gasteiger partial charge in [0.1, 0.15) is 17.4 Å². The molecule has 0 spiro atoms. The molecule has 1 heterocycles. The second-order valence-corrected chi connectivity index (χ2v) is 8.13. The summed E-state index contributed by atoms with van der Waals surface area (Å²) in [6.07, 6.45) is 0. The van der Waals surface area contributed by atoms with Gasteiger partial charge >= 0.3 is 0 Å². The van der Waals surface area contributed by atoms with Gasteiger partial charge in [0.15, 0.2) is 5.69 Å². The summed E-state index contributed by atoms with van der Waals surface area (Å²) >= 11 is 0. The van der Waals surface area contributed by atoms with E-state index in [0.717, 1.165) is 5.56 Å². The van der Waals surface area contributed by atoms with E-state index < -0.39 is 29.1 Å². The smallest absolute Gasteiger partial charge is 0.273 e. The van der Waals surface area contributed by atoms with Gasteiger partial charge in [-0.05, 0) is 29.2 Å². The Balaban J connectivity index is 2.02. The number of fused-ring (bicyclic) bond motifs is 1. The SMILES string of the molecule is CC(C)(C)[C@H](NC(=O)c1nn(Cc2ccc(C#N)cc2)c2c(F)cccc12)C(N)=O. The summed E-state index contributed by atoms with van der Waals surface area (Å²) in [6.45, 7) is 5.55. The number of para-hydroxylation sites is 1. The number of hydrogen-bond acceptors (Lipinski definition) is 4. The predicted molar refractivity (Wildman–Crippen MR) is 110 cm³/mol. The van der Waals surface area contributed by atoms with Crippen molar-refractivity contribution >= 4 is 22.7 Å². The molecule has 30 heavy (non-hydrogen) atoms. The quantitative estimate of drug-likeness (QED) is 0.677. The van der Waals surface area contributed by atoms with Crippen LogP contribution in [0.1, 0.15) is 42.4 Å². The lowest BCUT2D eigenvalue weighted by atomic mass is 9.86. The third-order valence-corrected chi connectivity index (χ3v) is 4.78. The van der Waals surface area contributed by atoms with E-state index in [0.29, 0.717) is 10.9 Å². The van der Waals surface area contributed by atoms with Gasteiger partial charge in [-0.2, -0.15) is 10.4 Å². The Bertz CT molecular complexity index is 1150. The molecular formula is C22H22FN5O2. The van der Waals surface area contributed by atoms with Gasteiger partial charge in [-0.1, -0.05) is 45.0 Å². The fourth-order valence-electron chi connectivity index (χ4n) is 3.25. The summed E-state index contributed by atoms with van der Waals surface area (Å²) in [6, 6.07) is 12.3. The summed E-state index contributed by atoms with van der Waals surface area (Å²) in [5, 5.41) is 16.2. The van der Waals surface area contributed by atoms with Crippen LogP contribution in [0, 0.1) is 22.6 Å². The van der Waals surface area contributed by atoms with E-state index in [2.05, 4.69) is 10.4 Å². The number of amides is 2. The summed E-state index contributed by atoms with van der Waals surface area (Å²) < 4.78 is 16.0. The number of nitrogens with one attached hydrogen (secondary N) is 1. The number of halogens is 1. The van der Waals surface area contributed by atoms with Crippen molar-refractivity contribution in [2.24, 2.45) is 11.1 Å². The minimum Gasteiger partial charge on any atom is -0.368 e. The zero-order valence-electron chi connectivity index (χ0n) is 16.9. The van der Waals surface area contributed by atoms with Gasteiger partial charge in [0.05, 0.1) is 18.2 Å². The molecule has 1 aromatic heterocycles. The minimum atomic E-state index is -0.919. The van der Waals surface area contributed by atoms with Crippen molar-refractivity contribution in [3.63, 3.8) is 0 Å². The number of nitrogens with two attached hydrogens (primary N) is 1. The second kappa shape index (κ2) is 7.95. The Kier molecular flexibility index (Phi) is 5.56. The number of carbonyl (C=O) groups is 2. The van der Waals surface area contributed by atoms with E-state index in [1.807, 2.05) is 6.07 Å². The highest BCUT2D eigenvalue weighted by Gasteiger charge is 2.32. The van der Waals surface area contributed by atoms with Gasteiger partial charge in [-0.15, -0.1) is 0 Å². The molecule has 8 heteroatoms. The molecule has 154 valence electrons. The van der Waals surface area contributed by atoms with E-state index in [-0.39, 0.29) is 17.8 Å². The van der Waals surface area contributed by atoms with Gasteiger partial charge in [-0.25, -0.2) is 4.39 Å². The molecule has 3 N–H and O–H groups in total. The van der Waals surface area contributed by atoms with Crippen LogP contribution in [0.15, 0.2) is 42.5 Å². The van der Waals surface area contributed by atoms with Crippen LogP contribution in [0.4, 0.5) is 4.39 Å². The number of aromatic nitrogens is 2. The van der Waals surface area contributed by atoms with E-state index >= 15 is 0 Å². The monoisotopic (exact) mass is 407 g/mol. The third-order valence-electron chi connectivity index (χ3n) is 4.78. The topological polar surface area (TPSA) is 114 Å². The molecule has 0 saturated carbocycles. The summed E-state index contributed by atoms with van der Waals surface area (Å²) in [7, 11) is 0. The number of carbonyl (C=O) groups excluding carboxylic acids is 2. The molecule has 0 aliphatic carbocycles. The number of nitrogens with zero attached hydrogens (tertiary/aromatic N) is 3. The molecule has 0 radical (unpaired) electrons. The standard InChI is InChI=1S/C22H22FN5O2/c1-22(2,3)19(20(25)29)26-21(30)17-15-5-4-6-16(23)18(15)28(27-17)12-14-9-7-13(11-24)8-10-14/h4-10,19H,12H2,1-3H3,(H2,25,29)(H,26,30)/t19-/m1/s1. The van der Waals surface area contributed by atoms with Crippen LogP contribution in [0.2, 0.25) is 0 Å². The Labute approximate surface area is 173 Å². The molecule has 0 unspecified atom stereocenters. The first kappa shape index (κ1) is 21.0. The lowest BCUT2D eigenvalue weighted by Gasteiger charge is -2.28. The third kappa shape index (κ3) is 4.15. The second-order valence-electron chi connectivity index (χ2n) is 8.13. The van der Waals surface area contributed by atoms with Crippen LogP contribution in [0.5, 0.6) is 0 Å². The Morgan fingerprint density at radius 3 is 2.47 bits per heavy atom. The fourth-order valence-corrected chi connectivity index (χ4v) is 3.25. The van der Waals surface area contributed by atoms with Gasteiger partial charge < -0.3 is 11.1 Å². The maximum absolute atomic E-state index is 14.6. The van der Waals surface area contributed by atoms with Crippen molar-refractivity contribution in [3.05, 3.63) is 65.1 Å². The van der Waals surface area contributed by atoms with Crippen molar-refractivity contribution < 1.29 is 14.0 Å². The van der Waals surface area contributed by atoms with Gasteiger partial charge in [-0.3, -0.25) is 14.3 Å². The fraction of sp³-hybridized carbons (Fsp3) is 0.273. The largest absolute Gasteiger partial charge is 0.368 e. The van der Waals surface area contributed by atoms with E-state index in [4.69, 9.17) is 11.0 Å². The summed E-state index contributed by atoms with van der Waals surface area (Å²) in [4.78, 5) is 24.8. The molecule has 2 amide bonds. The number of primary amides is 1. The highest BCUT2D eigenvalue weighted by atomic mass is 19.1. The van der Waals surface area contributed by atoms with Gasteiger partial charge in [0, 0.05) is 5.39 Å². The Morgan fingerprint density at radius 2 is 1.90 bits per heavy atom. The molecule has 3 rings (SSSR count). The van der Waals surface area contributed by atoms with Crippen LogP contribution >= 0.6 is 0 Å². The van der Waals surface area contributed by atoms with Crippen molar-refractivity contribution in [2.45, 2.75) is 33.4 Å². The van der Waals surface area contributed by atoms with Gasteiger partial charge in [0.25, 0.3) is 5.91 Å². The van der Waals surface area contributed by atoms with Crippen molar-refractivity contribution in [2.75, 3.05) is 0 Å². The maximum Gasteiger partial charge on any atom is 0.273 e. The molecule has 0 bridgehead atoms. The van der Waals surface area contributed by atoms with Crippen LogP contribution in [0.3, 0.4) is 0 Å². The van der Waals surface area contributed by atoms with Crippen molar-refractivity contribution in [1.29, 1.82) is 5.26 Å². The highest BCUT2D eigenvalue weighted by Crippen LogP contribution is 2.24. The molecule has 1 atom stereocenters. The van der Waals surface area contributed by atoms with Crippen molar-refractivity contribution in [1.82, 2.24) is 15.1 Å². The highest BCUT2D eigenvalue weighted by molar-refractivity contribution is 6.06. The first-order valence-electron chi connectivity index (χ1n) is 9.36. The average molecular weight is 407 g/mol. The first-order valence-corrected chi connectivity index (χ1v) is 9.36. The molecule has 0 fully saturated rings. The number of nitriles is 1. The first-order chi connectivity index (χ1) is 14.1. The molecule has 0 aliphatic rings. The lowest BCUT2D eigenvalue weighted by molar-refractivity contribution is -0.122. The zero-order valence-corrected chi connectivity index (χ0v) is 16.9. The summed E-state index contributed by atoms with van der Waals surface area (Å²) in [5.74, 6) is -1.79. The van der Waals surface area contributed by atoms with Crippen molar-refractivity contribution in [3.8, 4) is 6.07 Å². The maximum atomic E-state index is 14.6. The van der Waals surface area contributed by atoms with Crippen LogP contribution in [0.25, 0.3) is 10.9 Å². The Hall–Kier alpha value is -3.73. The van der Waals surface area contributed by atoms with Crippen LogP contribution in [-0.2, 0) is 11.3 Å². The predicted octanol–water partition coefficient (Wildman–Crippen LogP) is 2.73. The molecule has 0 saturated heterocycles. The zero-order chi connectivity index (χ0) is 22.1. The molecular weight excluding hydrogens is 385 g/mol. The number of rotatable bonds is 5. The Morgan fingerprint density at radius 1 is 1.23 bits per heavy atom. The van der Waals surface area contributed by atoms with E-state index in [9.17, 15) is 14.0 Å². The molecule has 3 aromatic rings. The molecule has 0 aliphatic heterocycles. The lowest BCUT2D eigenvalue weighted by Crippen LogP contribution is -2.52. The number of benzene rings is 2. The van der Waals surface area contributed by atoms with E-state index in [1.54, 1.807) is 51.1 Å². The molecule has 2 aromatic carbocycles. The minimum absolute atomic E-state index is 0.00800. The van der Waals surface area contributed by atoms with E-state index in [1.165, 1.54) is 16.8 Å². The van der Waals surface area contributed by atoms with Crippen LogP contribution in [-0.4, -0.2) is 27.6 Å². The normalized spacial score (nSPS) is 12.4. The average Bonchev–Trinajstić information content (AvgIpc) is 3.05.